The van der Waals surface area contributed by atoms with Crippen molar-refractivity contribution >= 4 is 65.1 Å². The first-order valence-corrected chi connectivity index (χ1v) is 31.9. The van der Waals surface area contributed by atoms with Crippen molar-refractivity contribution < 1.29 is 67.0 Å². The Morgan fingerprint density at radius 1 is 0.602 bits per heavy atom. The summed E-state index contributed by atoms with van der Waals surface area (Å²) in [6.45, 7) is 20.6. The van der Waals surface area contributed by atoms with Gasteiger partial charge in [0.15, 0.2) is 6.10 Å². The third-order valence-electron chi connectivity index (χ3n) is 17.6. The number of benzene rings is 1. The van der Waals surface area contributed by atoms with Crippen molar-refractivity contribution in [2.75, 3.05) is 62.0 Å². The van der Waals surface area contributed by atoms with Crippen LogP contribution in [0, 0.1) is 29.6 Å². The van der Waals surface area contributed by atoms with Gasteiger partial charge in [-0.25, -0.2) is 4.79 Å². The van der Waals surface area contributed by atoms with Gasteiger partial charge in [0.2, 0.25) is 47.3 Å². The van der Waals surface area contributed by atoms with Crippen LogP contribution >= 0.6 is 0 Å². The van der Waals surface area contributed by atoms with E-state index in [1.807, 2.05) is 13.8 Å². The Labute approximate surface area is 523 Å². The first kappa shape index (κ1) is 75.4. The number of carbonyl (C=O) groups is 11. The Morgan fingerprint density at radius 3 is 1.72 bits per heavy atom. The molecule has 88 heavy (non-hydrogen) atoms. The van der Waals surface area contributed by atoms with E-state index in [2.05, 4.69) is 22.9 Å². The number of nitrogens with zero attached hydrogens (tertiary/aromatic N) is 6. The van der Waals surface area contributed by atoms with Crippen LogP contribution in [0.4, 0.5) is 0 Å². The second kappa shape index (κ2) is 36.0. The van der Waals surface area contributed by atoms with Crippen LogP contribution < -0.4 is 20.7 Å². The Hall–Kier alpha value is -6.81. The molecule has 0 aliphatic carbocycles. The van der Waals surface area contributed by atoms with E-state index < -0.39 is 162 Å². The van der Waals surface area contributed by atoms with E-state index >= 15 is 14.4 Å². The molecule has 496 valence electrons. The summed E-state index contributed by atoms with van der Waals surface area (Å²) in [5.74, 6) is -10.2. The SMILES string of the molecule is CCCCCCCCOC(=O)C[C@H]1C(=O)N(C)[C@@H]([C@@H](C)CC)C(=O)N(C)[C@@H]([C@H](C)CC)C(=O)NCC(=O)N(C)[C@@H](C(C)C)C(=O)N[C@@H](Cc2ccc(OC)cc2)C(=O)O[C@H](C)C(=O)N2CCCC[C@H]2C(=O)N(C)[C@@H](C(C)C)C(=O)N[C@@H](C(C)C)C(=O)N1C. The molecule has 2 heterocycles. The van der Waals surface area contributed by atoms with Crippen LogP contribution in [-0.4, -0.2) is 211 Å². The van der Waals surface area contributed by atoms with Gasteiger partial charge in [0.05, 0.1) is 26.7 Å². The molecule has 1 aromatic carbocycles. The van der Waals surface area contributed by atoms with Crippen molar-refractivity contribution in [1.29, 1.82) is 0 Å². The van der Waals surface area contributed by atoms with Gasteiger partial charge in [-0.15, -0.1) is 0 Å². The van der Waals surface area contributed by atoms with Gasteiger partial charge in [-0.1, -0.05) is 133 Å². The van der Waals surface area contributed by atoms with Crippen LogP contribution in [0.3, 0.4) is 0 Å². The fourth-order valence-corrected chi connectivity index (χ4v) is 11.8. The molecule has 2 aliphatic rings. The van der Waals surface area contributed by atoms with Gasteiger partial charge in [-0.2, -0.15) is 0 Å². The highest BCUT2D eigenvalue weighted by Crippen LogP contribution is 2.27. The number of methoxy groups -OCH3 is 1. The lowest BCUT2D eigenvalue weighted by molar-refractivity contribution is -0.165. The number of ether oxygens (including phenoxy) is 3. The summed E-state index contributed by atoms with van der Waals surface area (Å²) in [6, 6.07) is -3.47. The number of unbranched alkanes of at least 4 members (excludes halogenated alkanes) is 5. The standard InChI is InChI=1S/C65H107N9O14/c1-19-22-23-24-25-28-35-87-51(76)37-49-62(82)73(17)56(43(11)21-3)64(84)72(16)55(42(10)20-2)57(77)66-38-50(75)70(14)53(40(6)7)58(78)67-47(36-45-30-32-46(86-18)33-31-45)65(85)88-44(12)60(80)74-34-27-26-29-48(74)61(81)71(15)54(41(8)9)59(79)68-52(39(4)5)63(83)69(49)13/h30-33,39-44,47-49,52-56H,19-29,34-38H2,1-18H3,(H,66,77)(H,67,78)(H,68,79)/t42-,43+,44-,47+,48+,49+,52+,53+,54+,55+,56+/m1/s1. The van der Waals surface area contributed by atoms with Crippen molar-refractivity contribution in [2.24, 2.45) is 29.6 Å². The molecule has 0 saturated carbocycles. The van der Waals surface area contributed by atoms with Gasteiger partial charge in [0, 0.05) is 48.2 Å². The molecule has 23 heteroatoms. The van der Waals surface area contributed by atoms with Crippen LogP contribution in [-0.2, 0) is 68.6 Å². The molecule has 2 saturated heterocycles. The average molecular weight is 1240 g/mol. The summed E-state index contributed by atoms with van der Waals surface area (Å²) in [5, 5.41) is 8.34. The maximum atomic E-state index is 15.3. The van der Waals surface area contributed by atoms with Crippen molar-refractivity contribution in [1.82, 2.24) is 45.3 Å². The molecule has 2 fully saturated rings. The molecule has 0 unspecified atom stereocenters. The fourth-order valence-electron chi connectivity index (χ4n) is 11.8. The molecule has 0 spiro atoms. The number of nitrogens with one attached hydrogen (secondary N) is 3. The van der Waals surface area contributed by atoms with Crippen molar-refractivity contribution in [3.05, 3.63) is 29.8 Å². The first-order valence-electron chi connectivity index (χ1n) is 31.9. The highest BCUT2D eigenvalue weighted by molar-refractivity contribution is 5.99. The predicted octanol–water partition coefficient (Wildman–Crippen LogP) is 5.14. The molecule has 0 bridgehead atoms. The number of esters is 2. The second-order valence-corrected chi connectivity index (χ2v) is 25.2. The molecule has 11 atom stereocenters. The van der Waals surface area contributed by atoms with E-state index in [9.17, 15) is 38.4 Å². The number of rotatable bonds is 19. The summed E-state index contributed by atoms with van der Waals surface area (Å²) < 4.78 is 16.9. The van der Waals surface area contributed by atoms with Gasteiger partial charge >= 0.3 is 11.9 Å². The maximum Gasteiger partial charge on any atom is 0.329 e. The number of carbonyl (C=O) groups excluding carboxylic acids is 11. The zero-order valence-electron chi connectivity index (χ0n) is 56.1. The van der Waals surface area contributed by atoms with Crippen LogP contribution in [0.2, 0.25) is 0 Å². The summed E-state index contributed by atoms with van der Waals surface area (Å²) in [5.41, 5.74) is 0.588. The molecule has 0 radical (unpaired) electrons. The third-order valence-corrected chi connectivity index (χ3v) is 17.6. The van der Waals surface area contributed by atoms with E-state index in [-0.39, 0.29) is 26.0 Å². The number of fused-ring (bicyclic) bond motifs is 1. The lowest BCUT2D eigenvalue weighted by Crippen LogP contribution is -2.63. The number of amides is 9. The van der Waals surface area contributed by atoms with Gasteiger partial charge in [-0.3, -0.25) is 47.9 Å². The number of hydrogen-bond acceptors (Lipinski definition) is 14. The van der Waals surface area contributed by atoms with Crippen molar-refractivity contribution in [2.45, 2.75) is 221 Å². The maximum absolute atomic E-state index is 15.3. The summed E-state index contributed by atoms with van der Waals surface area (Å²) in [4.78, 5) is 169. The van der Waals surface area contributed by atoms with Gasteiger partial charge < -0.3 is 59.6 Å². The monoisotopic (exact) mass is 1240 g/mol. The molecular formula is C65H107N9O14. The van der Waals surface area contributed by atoms with Crippen LogP contribution in [0.25, 0.3) is 0 Å². The van der Waals surface area contributed by atoms with E-state index in [4.69, 9.17) is 14.2 Å². The molecule has 3 rings (SSSR count). The zero-order chi connectivity index (χ0) is 66.4. The molecule has 3 N–H and O–H groups in total. The molecule has 9 amide bonds. The largest absolute Gasteiger partial charge is 0.497 e. The fraction of sp³-hybridized carbons (Fsp3) is 0.738. The van der Waals surface area contributed by atoms with E-state index in [1.165, 1.54) is 68.9 Å². The minimum Gasteiger partial charge on any atom is -0.497 e. The summed E-state index contributed by atoms with van der Waals surface area (Å²) in [7, 11) is 8.53. The number of piperidine rings is 1. The quantitative estimate of drug-likeness (QED) is 0.120. The molecule has 1 aromatic rings. The summed E-state index contributed by atoms with van der Waals surface area (Å²) >= 11 is 0. The summed E-state index contributed by atoms with van der Waals surface area (Å²) in [6.07, 6.45) is 5.41. The lowest BCUT2D eigenvalue weighted by atomic mass is 9.92. The highest BCUT2D eigenvalue weighted by Gasteiger charge is 2.46. The van der Waals surface area contributed by atoms with E-state index in [0.717, 1.165) is 41.9 Å². The molecular weight excluding hydrogens is 1130 g/mol. The Kier molecular flexibility index (Phi) is 30.9. The zero-order valence-corrected chi connectivity index (χ0v) is 56.1. The second-order valence-electron chi connectivity index (χ2n) is 25.2. The first-order chi connectivity index (χ1) is 41.4. The Balaban J connectivity index is 2.28. The predicted molar refractivity (Wildman–Crippen MR) is 334 cm³/mol. The van der Waals surface area contributed by atoms with Gasteiger partial charge in [0.25, 0.3) is 5.91 Å². The van der Waals surface area contributed by atoms with E-state index in [1.54, 1.807) is 79.7 Å². The van der Waals surface area contributed by atoms with Gasteiger partial charge in [0.1, 0.15) is 54.1 Å². The smallest absolute Gasteiger partial charge is 0.329 e. The molecule has 23 nitrogen and oxygen atoms in total. The van der Waals surface area contributed by atoms with Crippen LogP contribution in [0.15, 0.2) is 24.3 Å². The minimum absolute atomic E-state index is 0.0754. The average Bonchev–Trinajstić information content (AvgIpc) is 1.03. The van der Waals surface area contributed by atoms with Crippen molar-refractivity contribution in [3.63, 3.8) is 0 Å². The number of cyclic esters (lactones) is 1. The highest BCUT2D eigenvalue weighted by atomic mass is 16.6. The molecule has 0 aromatic heterocycles. The Bertz CT molecular complexity index is 2530. The lowest BCUT2D eigenvalue weighted by Gasteiger charge is -2.41. The Morgan fingerprint density at radius 2 is 1.15 bits per heavy atom. The number of hydrogen-bond donors (Lipinski definition) is 3. The molecule has 2 aliphatic heterocycles. The topological polar surface area (TPSA) is 271 Å². The third kappa shape index (κ3) is 20.4. The minimum atomic E-state index is -1.56. The van der Waals surface area contributed by atoms with Crippen LogP contribution in [0.1, 0.15) is 166 Å². The van der Waals surface area contributed by atoms with E-state index in [0.29, 0.717) is 43.4 Å². The van der Waals surface area contributed by atoms with Crippen molar-refractivity contribution in [3.8, 4) is 5.75 Å². The van der Waals surface area contributed by atoms with Crippen LogP contribution in [0.5, 0.6) is 5.75 Å². The van der Waals surface area contributed by atoms with Gasteiger partial charge in [-0.05, 0) is 79.9 Å². The number of likely N-dealkylation sites (N-methyl/N-ethyl adjacent to an activating group) is 5. The normalized spacial score (nSPS) is 25.4.